The van der Waals surface area contributed by atoms with Gasteiger partial charge in [0, 0.05) is 30.9 Å². The number of nitrogens with zero attached hydrogens (tertiary/aromatic N) is 5. The summed E-state index contributed by atoms with van der Waals surface area (Å²) in [4.78, 5) is 9.52. The summed E-state index contributed by atoms with van der Waals surface area (Å²) in [5.74, 6) is 1.42. The van der Waals surface area contributed by atoms with Crippen LogP contribution in [0.3, 0.4) is 0 Å². The van der Waals surface area contributed by atoms with Gasteiger partial charge in [-0.2, -0.15) is 9.61 Å². The average Bonchev–Trinajstić information content (AvgIpc) is 3.16. The van der Waals surface area contributed by atoms with Crippen LogP contribution in [0.4, 0.5) is 5.82 Å². The number of aromatic nitrogens is 3. The quantitative estimate of drug-likeness (QED) is 0.926. The number of β-amino-alcohol motifs (C(OH)–C–C–N with tert-alkyl or cyclic N) is 1. The number of likely N-dealkylation sites (tertiary alicyclic amines) is 1. The zero-order chi connectivity index (χ0) is 17.6. The van der Waals surface area contributed by atoms with Crippen LogP contribution in [0.2, 0.25) is 0 Å². The first-order valence-electron chi connectivity index (χ1n) is 9.57. The summed E-state index contributed by atoms with van der Waals surface area (Å²) >= 11 is 0. The van der Waals surface area contributed by atoms with E-state index >= 15 is 0 Å². The Balaban J connectivity index is 1.67. The second-order valence-corrected chi connectivity index (χ2v) is 7.89. The lowest BCUT2D eigenvalue weighted by molar-refractivity contribution is 0.0706. The van der Waals surface area contributed by atoms with Crippen LogP contribution in [0.1, 0.15) is 50.4 Å². The van der Waals surface area contributed by atoms with E-state index in [9.17, 15) is 5.11 Å². The van der Waals surface area contributed by atoms with E-state index in [2.05, 4.69) is 34.8 Å². The van der Waals surface area contributed by atoms with Crippen LogP contribution in [0.5, 0.6) is 0 Å². The first kappa shape index (κ1) is 16.8. The standard InChI is InChI=1S/C19H29N5O/c1-13(2)15-10-19(24-18(20-15)9-14(3)21-24)23-11-16(17(25)12-23)22-7-5-4-6-8-22/h9-10,13,16-17,25H,4-8,11-12H2,1-3H3/t16-,17-/m1/s1. The topological polar surface area (TPSA) is 56.9 Å². The van der Waals surface area contributed by atoms with E-state index in [1.54, 1.807) is 0 Å². The fourth-order valence-corrected chi connectivity index (χ4v) is 4.18. The molecule has 0 saturated carbocycles. The minimum atomic E-state index is -0.305. The van der Waals surface area contributed by atoms with Gasteiger partial charge in [0.1, 0.15) is 5.82 Å². The van der Waals surface area contributed by atoms with Crippen LogP contribution < -0.4 is 4.90 Å². The van der Waals surface area contributed by atoms with E-state index in [0.717, 1.165) is 42.5 Å². The minimum absolute atomic E-state index is 0.225. The number of aliphatic hydroxyl groups is 1. The molecule has 0 unspecified atom stereocenters. The molecule has 4 heterocycles. The Hall–Kier alpha value is -1.66. The Morgan fingerprint density at radius 3 is 2.60 bits per heavy atom. The predicted molar refractivity (Wildman–Crippen MR) is 99.2 cm³/mol. The molecule has 0 radical (unpaired) electrons. The Bertz CT molecular complexity index is 750. The third-order valence-corrected chi connectivity index (χ3v) is 5.58. The summed E-state index contributed by atoms with van der Waals surface area (Å²) in [5.41, 5.74) is 2.95. The zero-order valence-electron chi connectivity index (χ0n) is 15.5. The molecular weight excluding hydrogens is 314 g/mol. The van der Waals surface area contributed by atoms with Crippen molar-refractivity contribution < 1.29 is 5.11 Å². The van der Waals surface area contributed by atoms with Crippen molar-refractivity contribution in [2.45, 2.75) is 58.1 Å². The van der Waals surface area contributed by atoms with Crippen molar-refractivity contribution in [1.82, 2.24) is 19.5 Å². The Morgan fingerprint density at radius 1 is 1.12 bits per heavy atom. The van der Waals surface area contributed by atoms with E-state index in [4.69, 9.17) is 4.98 Å². The third kappa shape index (κ3) is 3.13. The lowest BCUT2D eigenvalue weighted by Crippen LogP contribution is -2.45. The highest BCUT2D eigenvalue weighted by atomic mass is 16.3. The van der Waals surface area contributed by atoms with Gasteiger partial charge >= 0.3 is 0 Å². The first-order valence-corrected chi connectivity index (χ1v) is 9.57. The van der Waals surface area contributed by atoms with Crippen LogP contribution in [0.25, 0.3) is 5.65 Å². The number of hydrogen-bond donors (Lipinski definition) is 1. The van der Waals surface area contributed by atoms with Gasteiger partial charge in [-0.1, -0.05) is 20.3 Å². The van der Waals surface area contributed by atoms with Crippen molar-refractivity contribution in [2.75, 3.05) is 31.1 Å². The molecule has 2 aromatic heterocycles. The number of fused-ring (bicyclic) bond motifs is 1. The molecule has 6 heteroatoms. The van der Waals surface area contributed by atoms with Crippen LogP contribution in [-0.4, -0.2) is 62.9 Å². The second-order valence-electron chi connectivity index (χ2n) is 7.89. The van der Waals surface area contributed by atoms with Crippen molar-refractivity contribution in [3.05, 3.63) is 23.5 Å². The molecule has 6 nitrogen and oxygen atoms in total. The fraction of sp³-hybridized carbons (Fsp3) is 0.684. The number of anilines is 1. The molecular formula is C19H29N5O. The molecule has 0 aromatic carbocycles. The maximum atomic E-state index is 10.7. The van der Waals surface area contributed by atoms with Crippen LogP contribution >= 0.6 is 0 Å². The third-order valence-electron chi connectivity index (χ3n) is 5.58. The van der Waals surface area contributed by atoms with Gasteiger partial charge < -0.3 is 10.0 Å². The van der Waals surface area contributed by atoms with Gasteiger partial charge in [0.25, 0.3) is 0 Å². The molecule has 136 valence electrons. The predicted octanol–water partition coefficient (Wildman–Crippen LogP) is 2.20. The van der Waals surface area contributed by atoms with E-state index in [-0.39, 0.29) is 12.1 Å². The lowest BCUT2D eigenvalue weighted by atomic mass is 10.1. The van der Waals surface area contributed by atoms with Crippen molar-refractivity contribution in [3.8, 4) is 0 Å². The number of aryl methyl sites for hydroxylation is 1. The Morgan fingerprint density at radius 2 is 1.88 bits per heavy atom. The number of rotatable bonds is 3. The zero-order valence-corrected chi connectivity index (χ0v) is 15.5. The Labute approximate surface area is 149 Å². The van der Waals surface area contributed by atoms with E-state index in [1.807, 2.05) is 17.5 Å². The van der Waals surface area contributed by atoms with E-state index in [1.165, 1.54) is 19.3 Å². The van der Waals surface area contributed by atoms with Gasteiger partial charge in [0.15, 0.2) is 5.65 Å². The molecule has 2 aromatic rings. The molecule has 0 aliphatic carbocycles. The summed E-state index contributed by atoms with van der Waals surface area (Å²) in [7, 11) is 0. The Kier molecular flexibility index (Phi) is 4.41. The summed E-state index contributed by atoms with van der Waals surface area (Å²) < 4.78 is 1.94. The molecule has 2 atom stereocenters. The van der Waals surface area contributed by atoms with Gasteiger partial charge in [-0.15, -0.1) is 0 Å². The molecule has 4 rings (SSSR count). The number of aliphatic hydroxyl groups excluding tert-OH is 1. The van der Waals surface area contributed by atoms with Crippen LogP contribution in [0.15, 0.2) is 12.1 Å². The SMILES string of the molecule is Cc1cc2nc(C(C)C)cc(N3C[C@@H](O)[C@H](N4CCCCC4)C3)n2n1. The number of hydrogen-bond acceptors (Lipinski definition) is 5. The average molecular weight is 343 g/mol. The van der Waals surface area contributed by atoms with Crippen molar-refractivity contribution in [2.24, 2.45) is 0 Å². The van der Waals surface area contributed by atoms with Crippen LogP contribution in [-0.2, 0) is 0 Å². The van der Waals surface area contributed by atoms with Crippen LogP contribution in [0, 0.1) is 6.92 Å². The number of piperidine rings is 1. The molecule has 25 heavy (non-hydrogen) atoms. The highest BCUT2D eigenvalue weighted by molar-refractivity contribution is 5.53. The summed E-state index contributed by atoms with van der Waals surface area (Å²) in [6, 6.07) is 4.40. The van der Waals surface area contributed by atoms with Gasteiger partial charge in [0.05, 0.1) is 17.8 Å². The van der Waals surface area contributed by atoms with E-state index < -0.39 is 0 Å². The maximum absolute atomic E-state index is 10.7. The van der Waals surface area contributed by atoms with Gasteiger partial charge in [-0.3, -0.25) is 4.90 Å². The largest absolute Gasteiger partial charge is 0.390 e. The van der Waals surface area contributed by atoms with Gasteiger partial charge in [0.2, 0.25) is 0 Å². The molecule has 0 spiro atoms. The smallest absolute Gasteiger partial charge is 0.157 e. The van der Waals surface area contributed by atoms with Gasteiger partial charge in [-0.05, 0) is 38.8 Å². The highest BCUT2D eigenvalue weighted by Crippen LogP contribution is 2.28. The molecule has 2 fully saturated rings. The first-order chi connectivity index (χ1) is 12.0. The lowest BCUT2D eigenvalue weighted by Gasteiger charge is -2.33. The summed E-state index contributed by atoms with van der Waals surface area (Å²) in [6.45, 7) is 10.1. The molecule has 1 N–H and O–H groups in total. The molecule has 2 aliphatic heterocycles. The van der Waals surface area contributed by atoms with Crippen molar-refractivity contribution in [3.63, 3.8) is 0 Å². The monoisotopic (exact) mass is 343 g/mol. The second kappa shape index (κ2) is 6.57. The fourth-order valence-electron chi connectivity index (χ4n) is 4.18. The maximum Gasteiger partial charge on any atom is 0.157 e. The normalized spacial score (nSPS) is 25.4. The van der Waals surface area contributed by atoms with Crippen molar-refractivity contribution in [1.29, 1.82) is 0 Å². The molecule has 0 amide bonds. The molecule has 2 aliphatic rings. The van der Waals surface area contributed by atoms with Gasteiger partial charge in [-0.25, -0.2) is 4.98 Å². The van der Waals surface area contributed by atoms with E-state index in [0.29, 0.717) is 12.5 Å². The summed E-state index contributed by atoms with van der Waals surface area (Å²) in [5, 5.41) is 15.3. The summed E-state index contributed by atoms with van der Waals surface area (Å²) in [6.07, 6.45) is 3.51. The van der Waals surface area contributed by atoms with Crippen molar-refractivity contribution >= 4 is 11.5 Å². The minimum Gasteiger partial charge on any atom is -0.390 e. The molecule has 2 saturated heterocycles. The highest BCUT2D eigenvalue weighted by Gasteiger charge is 2.37. The molecule has 0 bridgehead atoms.